The van der Waals surface area contributed by atoms with Crippen molar-refractivity contribution in [3.63, 3.8) is 0 Å². The molecule has 0 bridgehead atoms. The van der Waals surface area contributed by atoms with E-state index in [9.17, 15) is 9.59 Å². The summed E-state index contributed by atoms with van der Waals surface area (Å²) in [7, 11) is 0. The maximum absolute atomic E-state index is 12.4. The van der Waals surface area contributed by atoms with Gasteiger partial charge in [0, 0.05) is 29.8 Å². The lowest BCUT2D eigenvalue weighted by Crippen LogP contribution is -2.34. The zero-order chi connectivity index (χ0) is 19.9. The molecule has 2 aromatic rings. The summed E-state index contributed by atoms with van der Waals surface area (Å²) in [5, 5.41) is 5.73. The molecule has 0 saturated heterocycles. The first kappa shape index (κ1) is 23.5. The van der Waals surface area contributed by atoms with Crippen molar-refractivity contribution in [1.29, 1.82) is 0 Å². The topological polar surface area (TPSA) is 93.5 Å². The van der Waals surface area contributed by atoms with Gasteiger partial charge in [-0.15, -0.1) is 12.4 Å². The highest BCUT2D eigenvalue weighted by Gasteiger charge is 2.20. The smallest absolute Gasteiger partial charge is 0.255 e. The van der Waals surface area contributed by atoms with Crippen LogP contribution in [0.2, 0.25) is 0 Å². The maximum Gasteiger partial charge on any atom is 0.255 e. The normalized spacial score (nSPS) is 10.6. The largest absolute Gasteiger partial charge is 0.492 e. The Morgan fingerprint density at radius 3 is 2.14 bits per heavy atom. The molecule has 0 unspecified atom stereocenters. The third kappa shape index (κ3) is 7.21. The number of hydrogen-bond acceptors (Lipinski definition) is 4. The highest BCUT2D eigenvalue weighted by Crippen LogP contribution is 2.17. The first-order chi connectivity index (χ1) is 12.8. The Labute approximate surface area is 172 Å². The maximum atomic E-state index is 12.4. The summed E-state index contributed by atoms with van der Waals surface area (Å²) >= 11 is 0. The lowest BCUT2D eigenvalue weighted by molar-refractivity contribution is -0.128. The number of nitrogens with two attached hydrogens (primary N) is 1. The van der Waals surface area contributed by atoms with Crippen LogP contribution in [0.25, 0.3) is 0 Å². The van der Waals surface area contributed by atoms with E-state index < -0.39 is 5.41 Å². The third-order valence-electron chi connectivity index (χ3n) is 3.85. The van der Waals surface area contributed by atoms with Crippen LogP contribution in [0, 0.1) is 5.41 Å². The number of carbonyl (C=O) groups is 2. The van der Waals surface area contributed by atoms with E-state index >= 15 is 0 Å². The van der Waals surface area contributed by atoms with E-state index in [1.54, 1.807) is 36.4 Å². The van der Waals surface area contributed by atoms with Gasteiger partial charge in [0.05, 0.1) is 0 Å². The average Bonchev–Trinajstić information content (AvgIpc) is 2.65. The van der Waals surface area contributed by atoms with Gasteiger partial charge in [-0.25, -0.2) is 0 Å². The van der Waals surface area contributed by atoms with Crippen molar-refractivity contribution in [2.75, 3.05) is 18.5 Å². The highest BCUT2D eigenvalue weighted by molar-refractivity contribution is 6.04. The number of amides is 2. The van der Waals surface area contributed by atoms with Crippen molar-refractivity contribution in [2.24, 2.45) is 11.1 Å². The molecule has 7 heteroatoms. The summed E-state index contributed by atoms with van der Waals surface area (Å²) in [6.45, 7) is 6.94. The molecule has 0 radical (unpaired) electrons. The van der Waals surface area contributed by atoms with E-state index in [-0.39, 0.29) is 24.2 Å². The highest BCUT2D eigenvalue weighted by atomic mass is 35.5. The van der Waals surface area contributed by atoms with Gasteiger partial charge in [0.15, 0.2) is 0 Å². The van der Waals surface area contributed by atoms with Gasteiger partial charge < -0.3 is 21.1 Å². The fraction of sp³-hybridized carbons (Fsp3) is 0.333. The molecule has 0 fully saturated rings. The molecule has 0 saturated carbocycles. The third-order valence-corrected chi connectivity index (χ3v) is 3.85. The van der Waals surface area contributed by atoms with Crippen LogP contribution in [-0.4, -0.2) is 25.0 Å². The van der Waals surface area contributed by atoms with Gasteiger partial charge in [0.2, 0.25) is 5.91 Å². The zero-order valence-corrected chi connectivity index (χ0v) is 17.3. The number of hydrogen-bond donors (Lipinski definition) is 3. The van der Waals surface area contributed by atoms with Crippen molar-refractivity contribution in [3.05, 3.63) is 59.7 Å². The molecule has 0 heterocycles. The van der Waals surface area contributed by atoms with Crippen molar-refractivity contribution in [3.8, 4) is 5.75 Å². The molecule has 0 aliphatic heterocycles. The van der Waals surface area contributed by atoms with Crippen molar-refractivity contribution in [2.45, 2.75) is 27.3 Å². The van der Waals surface area contributed by atoms with E-state index in [4.69, 9.17) is 10.5 Å². The number of ether oxygens (including phenoxy) is 1. The number of carbonyl (C=O) groups excluding carboxylic acids is 2. The predicted molar refractivity (Wildman–Crippen MR) is 114 cm³/mol. The summed E-state index contributed by atoms with van der Waals surface area (Å²) < 4.78 is 5.41. The molecule has 2 amide bonds. The van der Waals surface area contributed by atoms with Crippen LogP contribution in [0.4, 0.5) is 5.69 Å². The second kappa shape index (κ2) is 10.7. The number of rotatable bonds is 7. The summed E-state index contributed by atoms with van der Waals surface area (Å²) in [6.07, 6.45) is 0. The summed E-state index contributed by atoms with van der Waals surface area (Å²) in [6, 6.07) is 14.3. The second-order valence-corrected chi connectivity index (χ2v) is 7.25. The Hall–Kier alpha value is -2.57. The molecule has 2 rings (SSSR count). The van der Waals surface area contributed by atoms with Crippen LogP contribution in [0.5, 0.6) is 5.75 Å². The lowest BCUT2D eigenvalue weighted by atomic mass is 9.95. The molecular weight excluding hydrogens is 378 g/mol. The van der Waals surface area contributed by atoms with Crippen LogP contribution < -0.4 is 21.1 Å². The molecule has 6 nitrogen and oxygen atoms in total. The van der Waals surface area contributed by atoms with Crippen LogP contribution >= 0.6 is 12.4 Å². The minimum absolute atomic E-state index is 0. The van der Waals surface area contributed by atoms with Gasteiger partial charge in [-0.3, -0.25) is 9.59 Å². The fourth-order valence-corrected chi connectivity index (χ4v) is 2.24. The number of anilines is 1. The zero-order valence-electron chi connectivity index (χ0n) is 16.5. The van der Waals surface area contributed by atoms with E-state index in [2.05, 4.69) is 10.6 Å². The molecule has 152 valence electrons. The van der Waals surface area contributed by atoms with Crippen molar-refractivity contribution < 1.29 is 14.3 Å². The molecule has 0 spiro atoms. The van der Waals surface area contributed by atoms with Crippen molar-refractivity contribution in [1.82, 2.24) is 5.32 Å². The van der Waals surface area contributed by atoms with Gasteiger partial charge in [-0.1, -0.05) is 32.9 Å². The fourth-order valence-electron chi connectivity index (χ4n) is 2.24. The quantitative estimate of drug-likeness (QED) is 0.658. The van der Waals surface area contributed by atoms with E-state index in [1.165, 1.54) is 0 Å². The first-order valence-electron chi connectivity index (χ1n) is 8.91. The van der Waals surface area contributed by atoms with Gasteiger partial charge in [0.1, 0.15) is 12.4 Å². The van der Waals surface area contributed by atoms with Gasteiger partial charge >= 0.3 is 0 Å². The average molecular weight is 406 g/mol. The molecule has 0 aliphatic carbocycles. The van der Waals surface area contributed by atoms with Gasteiger partial charge in [-0.2, -0.15) is 0 Å². The van der Waals surface area contributed by atoms with E-state index in [0.29, 0.717) is 36.7 Å². The summed E-state index contributed by atoms with van der Waals surface area (Å²) in [5.41, 5.74) is 7.13. The van der Waals surface area contributed by atoms with E-state index in [1.807, 2.05) is 32.9 Å². The van der Waals surface area contributed by atoms with Crippen molar-refractivity contribution >= 4 is 29.9 Å². The van der Waals surface area contributed by atoms with Crippen LogP contribution in [0.3, 0.4) is 0 Å². The minimum atomic E-state index is -0.426. The Balaban J connectivity index is 0.00000392. The monoisotopic (exact) mass is 405 g/mol. The SMILES string of the molecule is CC(C)(C)C(=O)NCc1ccc(C(=O)Nc2ccc(OCCN)cc2)cc1.Cl. The molecule has 28 heavy (non-hydrogen) atoms. The summed E-state index contributed by atoms with van der Waals surface area (Å²) in [5.74, 6) is 0.499. The number of halogens is 1. The number of benzene rings is 2. The van der Waals surface area contributed by atoms with Crippen LogP contribution in [-0.2, 0) is 11.3 Å². The van der Waals surface area contributed by atoms with E-state index in [0.717, 1.165) is 5.56 Å². The Bertz CT molecular complexity index is 769. The Kier molecular flexibility index (Phi) is 8.96. The lowest BCUT2D eigenvalue weighted by Gasteiger charge is -2.17. The molecule has 0 aliphatic rings. The number of nitrogens with one attached hydrogen (secondary N) is 2. The Morgan fingerprint density at radius 1 is 1.00 bits per heavy atom. The van der Waals surface area contributed by atoms with Crippen LogP contribution in [0.1, 0.15) is 36.7 Å². The van der Waals surface area contributed by atoms with Gasteiger partial charge in [-0.05, 0) is 42.0 Å². The molecule has 2 aromatic carbocycles. The Morgan fingerprint density at radius 2 is 1.61 bits per heavy atom. The molecule has 0 atom stereocenters. The minimum Gasteiger partial charge on any atom is -0.492 e. The van der Waals surface area contributed by atoms with Crippen LogP contribution in [0.15, 0.2) is 48.5 Å². The predicted octanol–water partition coefficient (Wildman–Crippen LogP) is 3.36. The second-order valence-electron chi connectivity index (χ2n) is 7.25. The molecule has 4 N–H and O–H groups in total. The van der Waals surface area contributed by atoms with Gasteiger partial charge in [0.25, 0.3) is 5.91 Å². The molecule has 0 aromatic heterocycles. The standard InChI is InChI=1S/C21H27N3O3.ClH/c1-21(2,3)20(26)23-14-15-4-6-16(7-5-15)19(25)24-17-8-10-18(11-9-17)27-13-12-22;/h4-11H,12-14,22H2,1-3H3,(H,23,26)(H,24,25);1H. The molecular formula is C21H28ClN3O3. The first-order valence-corrected chi connectivity index (χ1v) is 8.91. The summed E-state index contributed by atoms with van der Waals surface area (Å²) in [4.78, 5) is 24.3.